The first-order chi connectivity index (χ1) is 15.4. The number of carbonyl (C=O) groups excluding carboxylic acids is 1. The number of para-hydroxylation sites is 1. The van der Waals surface area contributed by atoms with Crippen molar-refractivity contribution in [2.75, 3.05) is 11.9 Å². The highest BCUT2D eigenvalue weighted by molar-refractivity contribution is 5.92. The highest BCUT2D eigenvalue weighted by Gasteiger charge is 2.34. The van der Waals surface area contributed by atoms with Crippen LogP contribution in [0, 0.1) is 0 Å². The lowest BCUT2D eigenvalue weighted by Gasteiger charge is -2.13. The number of ether oxygens (including phenoxy) is 2. The number of pyridine rings is 1. The van der Waals surface area contributed by atoms with Crippen molar-refractivity contribution in [3.8, 4) is 11.5 Å². The van der Waals surface area contributed by atoms with E-state index in [9.17, 15) is 18.0 Å². The van der Waals surface area contributed by atoms with Gasteiger partial charge in [0.05, 0.1) is 11.3 Å². The number of hydrogen-bond donors (Lipinski definition) is 1. The first kappa shape index (κ1) is 21.2. The Balaban J connectivity index is 1.34. The third kappa shape index (κ3) is 5.18. The molecule has 4 aromatic rings. The van der Waals surface area contributed by atoms with Crippen molar-refractivity contribution in [3.63, 3.8) is 0 Å². The van der Waals surface area contributed by atoms with E-state index in [1.54, 1.807) is 24.3 Å². The number of rotatable bonds is 7. The number of benzene rings is 2. The second-order valence-corrected chi connectivity index (χ2v) is 6.85. The van der Waals surface area contributed by atoms with Gasteiger partial charge in [-0.05, 0) is 36.4 Å². The number of anilines is 1. The van der Waals surface area contributed by atoms with Crippen LogP contribution in [0.1, 0.15) is 11.3 Å². The molecule has 1 amide bonds. The summed E-state index contributed by atoms with van der Waals surface area (Å²) in [4.78, 5) is 16.6. The maximum absolute atomic E-state index is 13.0. The summed E-state index contributed by atoms with van der Waals surface area (Å²) in [7, 11) is 0. The summed E-state index contributed by atoms with van der Waals surface area (Å²) in [5.41, 5.74) is 1.03. The van der Waals surface area contributed by atoms with Crippen molar-refractivity contribution in [1.82, 2.24) is 9.38 Å². The Labute approximate surface area is 181 Å². The van der Waals surface area contributed by atoms with Crippen LogP contribution in [-0.2, 0) is 17.6 Å². The predicted octanol–water partition coefficient (Wildman–Crippen LogP) is 4.95. The second kappa shape index (κ2) is 9.01. The molecule has 1 N–H and O–H groups in total. The zero-order valence-corrected chi connectivity index (χ0v) is 16.7. The number of nitrogens with zero attached hydrogens (tertiary/aromatic N) is 2. The van der Waals surface area contributed by atoms with Gasteiger partial charge in [-0.3, -0.25) is 4.79 Å². The first-order valence-electron chi connectivity index (χ1n) is 9.63. The molecule has 4 rings (SSSR count). The minimum atomic E-state index is -4.57. The number of amides is 1. The van der Waals surface area contributed by atoms with Crippen LogP contribution in [0.5, 0.6) is 11.5 Å². The van der Waals surface area contributed by atoms with E-state index >= 15 is 0 Å². The van der Waals surface area contributed by atoms with Crippen LogP contribution in [0.15, 0.2) is 79.1 Å². The Morgan fingerprint density at radius 3 is 2.62 bits per heavy atom. The van der Waals surface area contributed by atoms with Gasteiger partial charge in [-0.1, -0.05) is 24.3 Å². The number of nitrogens with one attached hydrogen (secondary N) is 1. The van der Waals surface area contributed by atoms with Gasteiger partial charge in [0.25, 0.3) is 5.91 Å². The Bertz CT molecular complexity index is 1200. The molecule has 2 aromatic carbocycles. The van der Waals surface area contributed by atoms with Gasteiger partial charge in [0, 0.05) is 24.1 Å². The molecule has 0 saturated heterocycles. The molecule has 2 heterocycles. The average molecular weight is 441 g/mol. The summed E-state index contributed by atoms with van der Waals surface area (Å²) < 4.78 is 51.8. The maximum Gasteiger partial charge on any atom is 0.419 e. The largest absolute Gasteiger partial charge is 0.487 e. The van der Waals surface area contributed by atoms with Crippen LogP contribution in [-0.4, -0.2) is 21.9 Å². The Hall–Kier alpha value is -4.01. The molecule has 164 valence electrons. The lowest BCUT2D eigenvalue weighted by Crippen LogP contribution is -2.21. The fraction of sp³-hybridized carbons (Fsp3) is 0.130. The third-order valence-corrected chi connectivity index (χ3v) is 4.47. The van der Waals surface area contributed by atoms with E-state index in [0.29, 0.717) is 11.4 Å². The van der Waals surface area contributed by atoms with Gasteiger partial charge in [0.15, 0.2) is 6.61 Å². The topological polar surface area (TPSA) is 64.9 Å². The van der Waals surface area contributed by atoms with E-state index < -0.39 is 30.0 Å². The maximum atomic E-state index is 13.0. The van der Waals surface area contributed by atoms with Crippen molar-refractivity contribution in [1.29, 1.82) is 0 Å². The van der Waals surface area contributed by atoms with E-state index in [-0.39, 0.29) is 6.61 Å². The van der Waals surface area contributed by atoms with E-state index in [4.69, 9.17) is 9.47 Å². The molecule has 0 radical (unpaired) electrons. The van der Waals surface area contributed by atoms with Gasteiger partial charge in [0.1, 0.15) is 23.8 Å². The molecule has 0 unspecified atom stereocenters. The molecule has 0 spiro atoms. The van der Waals surface area contributed by atoms with Crippen LogP contribution in [0.3, 0.4) is 0 Å². The molecule has 0 saturated carbocycles. The quantitative estimate of drug-likeness (QED) is 0.441. The van der Waals surface area contributed by atoms with Gasteiger partial charge in [-0.15, -0.1) is 0 Å². The molecule has 6 nitrogen and oxygen atoms in total. The van der Waals surface area contributed by atoms with Gasteiger partial charge in [-0.25, -0.2) is 4.98 Å². The third-order valence-electron chi connectivity index (χ3n) is 4.47. The molecular formula is C23H18F3N3O3. The lowest BCUT2D eigenvalue weighted by molar-refractivity contribution is -0.139. The fourth-order valence-electron chi connectivity index (χ4n) is 3.04. The van der Waals surface area contributed by atoms with Crippen molar-refractivity contribution >= 4 is 17.2 Å². The zero-order valence-electron chi connectivity index (χ0n) is 16.7. The second-order valence-electron chi connectivity index (χ2n) is 6.85. The van der Waals surface area contributed by atoms with E-state index in [1.165, 1.54) is 18.2 Å². The molecule has 32 heavy (non-hydrogen) atoms. The van der Waals surface area contributed by atoms with Gasteiger partial charge in [0.2, 0.25) is 0 Å². The van der Waals surface area contributed by atoms with E-state index in [2.05, 4.69) is 10.3 Å². The number of halogens is 3. The Morgan fingerprint density at radius 2 is 1.81 bits per heavy atom. The van der Waals surface area contributed by atoms with Crippen LogP contribution < -0.4 is 14.8 Å². The number of hydrogen-bond acceptors (Lipinski definition) is 4. The SMILES string of the molecule is O=C(COc1ccccc1C(F)(F)F)Nc1cccc(OCc2cn3ccccc3n2)c1. The number of carbonyl (C=O) groups is 1. The van der Waals surface area contributed by atoms with Crippen molar-refractivity contribution in [2.45, 2.75) is 12.8 Å². The molecule has 0 atom stereocenters. The van der Waals surface area contributed by atoms with Gasteiger partial charge in [-0.2, -0.15) is 13.2 Å². The molecule has 0 aliphatic carbocycles. The summed E-state index contributed by atoms with van der Waals surface area (Å²) >= 11 is 0. The highest BCUT2D eigenvalue weighted by Crippen LogP contribution is 2.35. The van der Waals surface area contributed by atoms with Crippen LogP contribution in [0.2, 0.25) is 0 Å². The standard InChI is InChI=1S/C23H18F3N3O3/c24-23(25,26)19-8-1-2-9-20(19)32-15-22(30)28-16-6-5-7-18(12-16)31-14-17-13-29-11-4-3-10-21(29)27-17/h1-13H,14-15H2,(H,28,30). The summed E-state index contributed by atoms with van der Waals surface area (Å²) in [6.45, 7) is -0.337. The van der Waals surface area contributed by atoms with Gasteiger partial charge >= 0.3 is 6.18 Å². The number of fused-ring (bicyclic) bond motifs is 1. The summed E-state index contributed by atoms with van der Waals surface area (Å²) in [5.74, 6) is -0.498. The molecular weight excluding hydrogens is 423 g/mol. The van der Waals surface area contributed by atoms with Gasteiger partial charge < -0.3 is 19.2 Å². The summed E-state index contributed by atoms with van der Waals surface area (Å²) in [6.07, 6.45) is -0.825. The smallest absolute Gasteiger partial charge is 0.419 e. The number of aromatic nitrogens is 2. The Kier molecular flexibility index (Phi) is 5.98. The normalized spacial score (nSPS) is 11.3. The summed E-state index contributed by atoms with van der Waals surface area (Å²) in [6, 6.07) is 17.1. The van der Waals surface area contributed by atoms with Crippen LogP contribution in [0.25, 0.3) is 5.65 Å². The average Bonchev–Trinajstić information content (AvgIpc) is 3.19. The fourth-order valence-corrected chi connectivity index (χ4v) is 3.04. The molecule has 0 fully saturated rings. The molecule has 0 bridgehead atoms. The molecule has 0 aliphatic rings. The highest BCUT2D eigenvalue weighted by atomic mass is 19.4. The van der Waals surface area contributed by atoms with Crippen molar-refractivity contribution < 1.29 is 27.4 Å². The predicted molar refractivity (Wildman–Crippen MR) is 112 cm³/mol. The number of alkyl halides is 3. The number of imidazole rings is 1. The van der Waals surface area contributed by atoms with Crippen LogP contribution in [0.4, 0.5) is 18.9 Å². The monoisotopic (exact) mass is 441 g/mol. The summed E-state index contributed by atoms with van der Waals surface area (Å²) in [5, 5.41) is 2.59. The minimum absolute atomic E-state index is 0.233. The van der Waals surface area contributed by atoms with Crippen molar-refractivity contribution in [3.05, 3.63) is 90.4 Å². The molecule has 9 heteroatoms. The minimum Gasteiger partial charge on any atom is -0.487 e. The van der Waals surface area contributed by atoms with E-state index in [0.717, 1.165) is 17.4 Å². The zero-order chi connectivity index (χ0) is 22.6. The molecule has 2 aromatic heterocycles. The van der Waals surface area contributed by atoms with E-state index in [1.807, 2.05) is 35.0 Å². The first-order valence-corrected chi connectivity index (χ1v) is 9.63. The Morgan fingerprint density at radius 1 is 1.00 bits per heavy atom. The van der Waals surface area contributed by atoms with Crippen LogP contribution >= 0.6 is 0 Å². The molecule has 0 aliphatic heterocycles. The van der Waals surface area contributed by atoms with Crippen molar-refractivity contribution in [2.24, 2.45) is 0 Å². The lowest BCUT2D eigenvalue weighted by atomic mass is 10.2.